The predicted molar refractivity (Wildman–Crippen MR) is 130 cm³/mol. The van der Waals surface area contributed by atoms with Crippen molar-refractivity contribution in [1.82, 2.24) is 10.2 Å². The van der Waals surface area contributed by atoms with E-state index in [0.29, 0.717) is 29.1 Å². The zero-order valence-corrected chi connectivity index (χ0v) is 19.5. The standard InChI is InChI=1S/C28H25FN2O4/c1-31-17-20-10-13-22(35-2)16-23(20)26(19-6-4-3-5-7-19)27(31)28(34)30-25(33)15-14-24(32)18-8-11-21(29)12-9-18/h3-13,16H,14-15,17H2,1-2H3,(H,30,33,34). The van der Waals surface area contributed by atoms with Gasteiger partial charge in [0.1, 0.15) is 17.3 Å². The number of hydrogen-bond acceptors (Lipinski definition) is 5. The summed E-state index contributed by atoms with van der Waals surface area (Å²) >= 11 is 0. The van der Waals surface area contributed by atoms with Crippen molar-refractivity contribution in [1.29, 1.82) is 0 Å². The second-order valence-electron chi connectivity index (χ2n) is 8.28. The summed E-state index contributed by atoms with van der Waals surface area (Å²) in [5.74, 6) is -1.18. The van der Waals surface area contributed by atoms with Gasteiger partial charge in [-0.3, -0.25) is 19.7 Å². The molecule has 7 heteroatoms. The van der Waals surface area contributed by atoms with Crippen LogP contribution in [0.3, 0.4) is 0 Å². The van der Waals surface area contributed by atoms with Gasteiger partial charge in [-0.2, -0.15) is 0 Å². The Hall–Kier alpha value is -4.26. The van der Waals surface area contributed by atoms with Crippen molar-refractivity contribution < 1.29 is 23.5 Å². The number of rotatable bonds is 7. The Balaban J connectivity index is 1.59. The monoisotopic (exact) mass is 472 g/mol. The summed E-state index contributed by atoms with van der Waals surface area (Å²) < 4.78 is 18.5. The van der Waals surface area contributed by atoms with Crippen LogP contribution in [0.5, 0.6) is 5.75 Å². The molecule has 0 aliphatic carbocycles. The van der Waals surface area contributed by atoms with Gasteiger partial charge < -0.3 is 9.64 Å². The fraction of sp³-hybridized carbons (Fsp3) is 0.179. The highest BCUT2D eigenvalue weighted by Gasteiger charge is 2.29. The summed E-state index contributed by atoms with van der Waals surface area (Å²) in [6.45, 7) is 0.482. The lowest BCUT2D eigenvalue weighted by atomic mass is 9.88. The van der Waals surface area contributed by atoms with E-state index in [1.165, 1.54) is 24.3 Å². The number of likely N-dealkylation sites (N-methyl/N-ethyl adjacent to an activating group) is 1. The van der Waals surface area contributed by atoms with Gasteiger partial charge in [-0.05, 0) is 53.1 Å². The number of methoxy groups -OCH3 is 1. The highest BCUT2D eigenvalue weighted by atomic mass is 19.1. The van der Waals surface area contributed by atoms with Crippen molar-refractivity contribution in [2.45, 2.75) is 19.4 Å². The molecule has 0 radical (unpaired) electrons. The SMILES string of the molecule is COc1ccc2c(c1)C(c1ccccc1)=C(C(=O)NC(=O)CCC(=O)c1ccc(F)cc1)N(C)C2. The average molecular weight is 473 g/mol. The molecule has 4 rings (SSSR count). The fourth-order valence-corrected chi connectivity index (χ4v) is 4.15. The number of benzene rings is 3. The Morgan fingerprint density at radius 2 is 1.69 bits per heavy atom. The number of Topliss-reactive ketones (excluding diaryl/α,β-unsaturated/α-hetero) is 1. The summed E-state index contributed by atoms with van der Waals surface area (Å²) in [7, 11) is 3.38. The van der Waals surface area contributed by atoms with E-state index in [1.54, 1.807) is 14.2 Å². The second-order valence-corrected chi connectivity index (χ2v) is 8.28. The van der Waals surface area contributed by atoms with E-state index < -0.39 is 17.6 Å². The summed E-state index contributed by atoms with van der Waals surface area (Å²) in [5, 5.41) is 2.43. The molecule has 178 valence electrons. The molecule has 0 bridgehead atoms. The van der Waals surface area contributed by atoms with E-state index in [-0.39, 0.29) is 18.6 Å². The Morgan fingerprint density at radius 1 is 0.971 bits per heavy atom. The van der Waals surface area contributed by atoms with Gasteiger partial charge in [-0.1, -0.05) is 36.4 Å². The van der Waals surface area contributed by atoms with Gasteiger partial charge in [0.05, 0.1) is 7.11 Å². The largest absolute Gasteiger partial charge is 0.497 e. The Kier molecular flexibility index (Phi) is 7.06. The number of amides is 2. The van der Waals surface area contributed by atoms with Gasteiger partial charge in [0, 0.05) is 37.6 Å². The molecule has 1 heterocycles. The van der Waals surface area contributed by atoms with E-state index >= 15 is 0 Å². The van der Waals surface area contributed by atoms with E-state index in [4.69, 9.17) is 4.74 Å². The first kappa shape index (κ1) is 23.9. The van der Waals surface area contributed by atoms with Crippen molar-refractivity contribution in [2.24, 2.45) is 0 Å². The summed E-state index contributed by atoms with van der Waals surface area (Å²) in [6.07, 6.45) is -0.255. The third-order valence-electron chi connectivity index (χ3n) is 5.89. The van der Waals surface area contributed by atoms with E-state index in [2.05, 4.69) is 5.32 Å². The predicted octanol–water partition coefficient (Wildman–Crippen LogP) is 4.35. The minimum Gasteiger partial charge on any atom is -0.497 e. The van der Waals surface area contributed by atoms with Crippen molar-refractivity contribution in [3.63, 3.8) is 0 Å². The van der Waals surface area contributed by atoms with E-state index in [9.17, 15) is 18.8 Å². The van der Waals surface area contributed by atoms with Crippen molar-refractivity contribution in [3.8, 4) is 5.75 Å². The van der Waals surface area contributed by atoms with E-state index in [0.717, 1.165) is 16.7 Å². The van der Waals surface area contributed by atoms with Crippen LogP contribution >= 0.6 is 0 Å². The minimum atomic E-state index is -0.560. The maximum Gasteiger partial charge on any atom is 0.274 e. The highest BCUT2D eigenvalue weighted by molar-refractivity contribution is 6.11. The quantitative estimate of drug-likeness (QED) is 0.518. The number of imide groups is 1. The molecular formula is C28H25FN2O4. The van der Waals surface area contributed by atoms with Crippen LogP contribution in [0.25, 0.3) is 5.57 Å². The molecule has 2 amide bonds. The second kappa shape index (κ2) is 10.3. The lowest BCUT2D eigenvalue weighted by Crippen LogP contribution is -2.39. The number of hydrogen-bond donors (Lipinski definition) is 1. The zero-order valence-electron chi connectivity index (χ0n) is 19.5. The van der Waals surface area contributed by atoms with Gasteiger partial charge in [0.15, 0.2) is 5.78 Å². The normalized spacial score (nSPS) is 12.7. The molecule has 0 saturated heterocycles. The Labute approximate surface area is 203 Å². The van der Waals surface area contributed by atoms with Gasteiger partial charge in [-0.25, -0.2) is 4.39 Å². The summed E-state index contributed by atoms with van der Waals surface area (Å²) in [6, 6.07) is 20.4. The van der Waals surface area contributed by atoms with Crippen molar-refractivity contribution in [2.75, 3.05) is 14.2 Å². The Morgan fingerprint density at radius 3 is 2.37 bits per heavy atom. The molecule has 3 aromatic carbocycles. The van der Waals surface area contributed by atoms with Crippen LogP contribution in [0.4, 0.5) is 4.39 Å². The molecule has 1 N–H and O–H groups in total. The molecule has 0 fully saturated rings. The van der Waals surface area contributed by atoms with Crippen LogP contribution in [0.1, 0.15) is 39.9 Å². The molecule has 6 nitrogen and oxygen atoms in total. The number of ether oxygens (including phenoxy) is 1. The zero-order chi connectivity index (χ0) is 24.9. The van der Waals surface area contributed by atoms with Crippen LogP contribution in [0.2, 0.25) is 0 Å². The smallest absolute Gasteiger partial charge is 0.274 e. The molecule has 0 aromatic heterocycles. The minimum absolute atomic E-state index is 0.0921. The number of nitrogens with zero attached hydrogens (tertiary/aromatic N) is 1. The van der Waals surface area contributed by atoms with Crippen molar-refractivity contribution in [3.05, 3.63) is 107 Å². The molecule has 0 atom stereocenters. The van der Waals surface area contributed by atoms with Crippen molar-refractivity contribution >= 4 is 23.2 Å². The van der Waals surface area contributed by atoms with Crippen LogP contribution < -0.4 is 10.1 Å². The molecular weight excluding hydrogens is 447 g/mol. The number of halogens is 1. The first-order valence-corrected chi connectivity index (χ1v) is 11.2. The number of ketones is 1. The fourth-order valence-electron chi connectivity index (χ4n) is 4.15. The van der Waals surface area contributed by atoms with Crippen LogP contribution in [-0.2, 0) is 16.1 Å². The van der Waals surface area contributed by atoms with E-state index in [1.807, 2.05) is 53.4 Å². The third-order valence-corrected chi connectivity index (χ3v) is 5.89. The van der Waals surface area contributed by atoms with Crippen LogP contribution in [0.15, 0.2) is 78.5 Å². The van der Waals surface area contributed by atoms with Gasteiger partial charge in [0.2, 0.25) is 5.91 Å². The molecule has 0 saturated carbocycles. The molecule has 1 aliphatic heterocycles. The lowest BCUT2D eigenvalue weighted by Gasteiger charge is -2.32. The number of nitrogens with one attached hydrogen (secondary N) is 1. The third kappa shape index (κ3) is 5.30. The maximum absolute atomic E-state index is 13.3. The van der Waals surface area contributed by atoms with Gasteiger partial charge >= 0.3 is 0 Å². The summed E-state index contributed by atoms with van der Waals surface area (Å²) in [4.78, 5) is 40.0. The molecule has 3 aromatic rings. The molecule has 1 aliphatic rings. The Bertz CT molecular complexity index is 1300. The number of carbonyl (C=O) groups excluding carboxylic acids is 3. The molecule has 0 unspecified atom stereocenters. The molecule has 0 spiro atoms. The number of fused-ring (bicyclic) bond motifs is 1. The average Bonchev–Trinajstić information content (AvgIpc) is 2.87. The first-order chi connectivity index (χ1) is 16.9. The number of carbonyl (C=O) groups is 3. The van der Waals surface area contributed by atoms with Crippen LogP contribution in [0, 0.1) is 5.82 Å². The van der Waals surface area contributed by atoms with Gasteiger partial charge in [-0.15, -0.1) is 0 Å². The first-order valence-electron chi connectivity index (χ1n) is 11.2. The maximum atomic E-state index is 13.3. The highest BCUT2D eigenvalue weighted by Crippen LogP contribution is 2.37. The molecule has 35 heavy (non-hydrogen) atoms. The lowest BCUT2D eigenvalue weighted by molar-refractivity contribution is -0.129. The topological polar surface area (TPSA) is 75.7 Å². The summed E-state index contributed by atoms with van der Waals surface area (Å²) in [5.41, 5.74) is 4.09. The van der Waals surface area contributed by atoms with Crippen LogP contribution in [-0.4, -0.2) is 36.7 Å². The van der Waals surface area contributed by atoms with Gasteiger partial charge in [0.25, 0.3) is 5.91 Å².